The first-order valence-electron chi connectivity index (χ1n) is 8.34. The zero-order valence-electron chi connectivity index (χ0n) is 15.2. The van der Waals surface area contributed by atoms with Crippen LogP contribution in [-0.4, -0.2) is 37.9 Å². The van der Waals surface area contributed by atoms with Gasteiger partial charge in [0.2, 0.25) is 5.95 Å². The zero-order valence-corrected chi connectivity index (χ0v) is 15.2. The van der Waals surface area contributed by atoms with Crippen LogP contribution in [0.25, 0.3) is 0 Å². The minimum absolute atomic E-state index is 0.0472. The Morgan fingerprint density at radius 2 is 2.04 bits per heavy atom. The molecule has 1 aromatic carbocycles. The molecule has 3 aromatic rings. The van der Waals surface area contributed by atoms with Crippen molar-refractivity contribution in [1.29, 1.82) is 0 Å². The second-order valence-electron chi connectivity index (χ2n) is 5.70. The lowest BCUT2D eigenvalue weighted by Gasteiger charge is -2.11. The summed E-state index contributed by atoms with van der Waals surface area (Å²) in [5.41, 5.74) is 0.696. The monoisotopic (exact) mass is 387 g/mol. The number of aryl methyl sites for hydroxylation is 1. The van der Waals surface area contributed by atoms with E-state index >= 15 is 0 Å². The maximum Gasteiger partial charge on any atom is 0.335 e. The molecule has 10 heteroatoms. The highest BCUT2D eigenvalue weighted by molar-refractivity contribution is 5.88. The molecule has 0 bridgehead atoms. The largest absolute Gasteiger partial charge is 0.494 e. The van der Waals surface area contributed by atoms with Crippen LogP contribution in [0.4, 0.5) is 16.0 Å². The number of ether oxygens (including phenoxy) is 2. The summed E-state index contributed by atoms with van der Waals surface area (Å²) in [5.74, 6) is -1.39. The predicted molar refractivity (Wildman–Crippen MR) is 97.5 cm³/mol. The minimum atomic E-state index is -1.19. The summed E-state index contributed by atoms with van der Waals surface area (Å²) in [4.78, 5) is 19.4. The summed E-state index contributed by atoms with van der Waals surface area (Å²) in [6.45, 7) is 2.52. The number of methoxy groups -OCH3 is 1. The fraction of sp³-hybridized carbons (Fsp3) is 0.222. The van der Waals surface area contributed by atoms with Gasteiger partial charge in [-0.15, -0.1) is 0 Å². The molecular weight excluding hydrogens is 369 g/mol. The fourth-order valence-electron chi connectivity index (χ4n) is 2.38. The number of hydrogen-bond donors (Lipinski definition) is 2. The van der Waals surface area contributed by atoms with E-state index in [2.05, 4.69) is 20.4 Å². The van der Waals surface area contributed by atoms with Gasteiger partial charge in [0.1, 0.15) is 6.61 Å². The molecule has 0 atom stereocenters. The predicted octanol–water partition coefficient (Wildman–Crippen LogP) is 2.86. The third-order valence-electron chi connectivity index (χ3n) is 3.82. The Kier molecular flexibility index (Phi) is 5.68. The second kappa shape index (κ2) is 8.33. The standard InChI is InChI=1S/C18H18FN5O4/c1-3-24-9-13(6-22-24)23-18-20-7-14(8-21-18)28-10-12-4-11(17(25)26)5-15(27-2)16(12)19/h4-9H,3,10H2,1-2H3,(H,25,26)(H,20,21,23). The van der Waals surface area contributed by atoms with Crippen LogP contribution >= 0.6 is 0 Å². The maximum absolute atomic E-state index is 14.3. The Morgan fingerprint density at radius 1 is 1.29 bits per heavy atom. The van der Waals surface area contributed by atoms with Crippen LogP contribution in [0.2, 0.25) is 0 Å². The van der Waals surface area contributed by atoms with Gasteiger partial charge in [0.25, 0.3) is 0 Å². The molecule has 2 heterocycles. The number of benzene rings is 1. The van der Waals surface area contributed by atoms with Crippen molar-refractivity contribution in [2.45, 2.75) is 20.1 Å². The van der Waals surface area contributed by atoms with E-state index in [0.29, 0.717) is 11.7 Å². The molecule has 2 N–H and O–H groups in total. The van der Waals surface area contributed by atoms with Crippen LogP contribution in [-0.2, 0) is 13.2 Å². The van der Waals surface area contributed by atoms with E-state index in [1.807, 2.05) is 13.1 Å². The van der Waals surface area contributed by atoms with Gasteiger partial charge in [-0.25, -0.2) is 19.2 Å². The van der Waals surface area contributed by atoms with Crippen molar-refractivity contribution in [3.63, 3.8) is 0 Å². The highest BCUT2D eigenvalue weighted by atomic mass is 19.1. The van der Waals surface area contributed by atoms with Crippen LogP contribution in [0.15, 0.2) is 36.9 Å². The van der Waals surface area contributed by atoms with Gasteiger partial charge in [0, 0.05) is 18.3 Å². The Labute approximate surface area is 159 Å². The lowest BCUT2D eigenvalue weighted by atomic mass is 10.1. The molecule has 0 spiro atoms. The van der Waals surface area contributed by atoms with Crippen molar-refractivity contribution in [2.24, 2.45) is 0 Å². The quantitative estimate of drug-likeness (QED) is 0.607. The lowest BCUT2D eigenvalue weighted by Crippen LogP contribution is -2.06. The summed E-state index contributed by atoms with van der Waals surface area (Å²) in [6.07, 6.45) is 6.33. The van der Waals surface area contributed by atoms with Gasteiger partial charge < -0.3 is 19.9 Å². The van der Waals surface area contributed by atoms with E-state index < -0.39 is 11.8 Å². The minimum Gasteiger partial charge on any atom is -0.494 e. The van der Waals surface area contributed by atoms with Gasteiger partial charge in [-0.3, -0.25) is 4.68 Å². The van der Waals surface area contributed by atoms with Crippen molar-refractivity contribution in [1.82, 2.24) is 19.7 Å². The van der Waals surface area contributed by atoms with E-state index in [0.717, 1.165) is 18.3 Å². The third kappa shape index (κ3) is 4.34. The van der Waals surface area contributed by atoms with Gasteiger partial charge in [0.15, 0.2) is 17.3 Å². The summed E-state index contributed by atoms with van der Waals surface area (Å²) in [5, 5.41) is 16.3. The van der Waals surface area contributed by atoms with Crippen LogP contribution in [0.3, 0.4) is 0 Å². The van der Waals surface area contributed by atoms with Gasteiger partial charge in [-0.1, -0.05) is 0 Å². The molecule has 0 saturated carbocycles. The first-order valence-corrected chi connectivity index (χ1v) is 8.34. The molecule has 0 aliphatic heterocycles. The molecule has 3 rings (SSSR count). The normalized spacial score (nSPS) is 10.5. The van der Waals surface area contributed by atoms with Crippen LogP contribution < -0.4 is 14.8 Å². The molecule has 0 aliphatic carbocycles. The number of halogens is 1. The topological polar surface area (TPSA) is 111 Å². The van der Waals surface area contributed by atoms with Crippen molar-refractivity contribution in [2.75, 3.05) is 12.4 Å². The van der Waals surface area contributed by atoms with E-state index in [-0.39, 0.29) is 23.5 Å². The average Bonchev–Trinajstić information content (AvgIpc) is 3.15. The van der Waals surface area contributed by atoms with Gasteiger partial charge in [-0.2, -0.15) is 5.10 Å². The number of anilines is 2. The summed E-state index contributed by atoms with van der Waals surface area (Å²) in [7, 11) is 1.26. The number of carbonyl (C=O) groups is 1. The van der Waals surface area contributed by atoms with Gasteiger partial charge in [0.05, 0.1) is 37.0 Å². The number of carboxylic acid groups (broad SMARTS) is 1. The van der Waals surface area contributed by atoms with Crippen molar-refractivity contribution >= 4 is 17.6 Å². The smallest absolute Gasteiger partial charge is 0.335 e. The first kappa shape index (κ1) is 19.1. The summed E-state index contributed by atoms with van der Waals surface area (Å²) >= 11 is 0. The Hall–Kier alpha value is -3.69. The summed E-state index contributed by atoms with van der Waals surface area (Å²) < 4.78 is 26.4. The number of aromatic nitrogens is 4. The number of carboxylic acids is 1. The molecule has 2 aromatic heterocycles. The number of hydrogen-bond acceptors (Lipinski definition) is 7. The van der Waals surface area contributed by atoms with Crippen molar-refractivity contribution in [3.05, 3.63) is 53.9 Å². The molecule has 28 heavy (non-hydrogen) atoms. The molecule has 0 unspecified atom stereocenters. The first-order chi connectivity index (χ1) is 13.5. The van der Waals surface area contributed by atoms with E-state index in [1.54, 1.807) is 10.9 Å². The lowest BCUT2D eigenvalue weighted by molar-refractivity contribution is 0.0696. The van der Waals surface area contributed by atoms with Crippen LogP contribution in [0.5, 0.6) is 11.5 Å². The van der Waals surface area contributed by atoms with E-state index in [1.165, 1.54) is 25.6 Å². The van der Waals surface area contributed by atoms with E-state index in [9.17, 15) is 9.18 Å². The number of rotatable bonds is 8. The molecule has 146 valence electrons. The maximum atomic E-state index is 14.3. The molecular formula is C18H18FN5O4. The number of aromatic carboxylic acids is 1. The SMILES string of the molecule is CCn1cc(Nc2ncc(OCc3cc(C(=O)O)cc(OC)c3F)cn2)cn1. The van der Waals surface area contributed by atoms with E-state index in [4.69, 9.17) is 14.6 Å². The summed E-state index contributed by atoms with van der Waals surface area (Å²) in [6, 6.07) is 2.31. The molecule has 0 amide bonds. The highest BCUT2D eigenvalue weighted by Gasteiger charge is 2.15. The Bertz CT molecular complexity index is 975. The Balaban J connectivity index is 1.68. The van der Waals surface area contributed by atoms with Crippen molar-refractivity contribution < 1.29 is 23.8 Å². The second-order valence-corrected chi connectivity index (χ2v) is 5.70. The van der Waals surface area contributed by atoms with Crippen LogP contribution in [0.1, 0.15) is 22.8 Å². The molecule has 9 nitrogen and oxygen atoms in total. The fourth-order valence-corrected chi connectivity index (χ4v) is 2.38. The zero-order chi connectivity index (χ0) is 20.1. The highest BCUT2D eigenvalue weighted by Crippen LogP contribution is 2.24. The number of nitrogens with one attached hydrogen (secondary N) is 1. The van der Waals surface area contributed by atoms with Crippen LogP contribution in [0, 0.1) is 5.82 Å². The Morgan fingerprint density at radius 3 is 2.64 bits per heavy atom. The molecule has 0 radical (unpaired) electrons. The molecule has 0 aliphatic rings. The molecule has 0 fully saturated rings. The average molecular weight is 387 g/mol. The third-order valence-corrected chi connectivity index (χ3v) is 3.82. The van der Waals surface area contributed by atoms with Gasteiger partial charge >= 0.3 is 5.97 Å². The number of nitrogens with zero attached hydrogens (tertiary/aromatic N) is 4. The molecule has 0 saturated heterocycles. The van der Waals surface area contributed by atoms with Crippen molar-refractivity contribution in [3.8, 4) is 11.5 Å². The van der Waals surface area contributed by atoms with Gasteiger partial charge in [-0.05, 0) is 19.1 Å².